The summed E-state index contributed by atoms with van der Waals surface area (Å²) in [7, 11) is 0. The van der Waals surface area contributed by atoms with E-state index in [1.54, 1.807) is 0 Å². The van der Waals surface area contributed by atoms with E-state index in [1.165, 1.54) is 96.3 Å². The SMILES string of the molecule is CCCCCCCCCCCC(O)CCCCCCCC.OCC(CO)(CO)CO. The largest absolute Gasteiger partial charge is 0.396 e. The molecule has 0 radical (unpaired) electrons. The molecule has 5 N–H and O–H groups in total. The lowest BCUT2D eigenvalue weighted by Crippen LogP contribution is -2.37. The van der Waals surface area contributed by atoms with Crippen molar-refractivity contribution in [1.82, 2.24) is 0 Å². The highest BCUT2D eigenvalue weighted by atomic mass is 16.3. The molecule has 0 aromatic heterocycles. The Kier molecular flexibility index (Phi) is 26.7. The molecule has 0 spiro atoms. The molecule has 5 nitrogen and oxygen atoms in total. The number of rotatable bonds is 21. The molecule has 184 valence electrons. The second-order valence-corrected chi connectivity index (χ2v) is 8.96. The first-order valence-corrected chi connectivity index (χ1v) is 12.7. The second-order valence-electron chi connectivity index (χ2n) is 8.96. The molecule has 0 saturated carbocycles. The van der Waals surface area contributed by atoms with Crippen LogP contribution in [-0.2, 0) is 0 Å². The van der Waals surface area contributed by atoms with Crippen LogP contribution in [0.15, 0.2) is 0 Å². The van der Waals surface area contributed by atoms with Crippen molar-refractivity contribution in [1.29, 1.82) is 0 Å². The maximum atomic E-state index is 9.95. The summed E-state index contributed by atoms with van der Waals surface area (Å²) in [6.45, 7) is 2.91. The number of aliphatic hydroxyl groups is 5. The Hall–Kier alpha value is -0.200. The molecule has 0 aromatic rings. The van der Waals surface area contributed by atoms with Crippen LogP contribution in [0.3, 0.4) is 0 Å². The highest BCUT2D eigenvalue weighted by Crippen LogP contribution is 2.15. The lowest BCUT2D eigenvalue weighted by Gasteiger charge is -2.23. The van der Waals surface area contributed by atoms with Crippen molar-refractivity contribution in [3.05, 3.63) is 0 Å². The molecular formula is C25H54O5. The molecule has 0 aliphatic carbocycles. The summed E-state index contributed by atoms with van der Waals surface area (Å²) in [5, 5.41) is 43.9. The van der Waals surface area contributed by atoms with Crippen LogP contribution in [0.5, 0.6) is 0 Å². The van der Waals surface area contributed by atoms with Gasteiger partial charge in [-0.1, -0.05) is 110 Å². The van der Waals surface area contributed by atoms with E-state index in [-0.39, 0.29) is 6.10 Å². The molecule has 0 amide bonds. The summed E-state index contributed by atoms with van der Waals surface area (Å²) in [6.07, 6.45) is 22.3. The molecule has 0 rings (SSSR count). The summed E-state index contributed by atoms with van der Waals surface area (Å²) in [5.74, 6) is 0. The van der Waals surface area contributed by atoms with E-state index < -0.39 is 31.8 Å². The Labute approximate surface area is 186 Å². The summed E-state index contributed by atoms with van der Waals surface area (Å²) in [6, 6.07) is 0. The quantitative estimate of drug-likeness (QED) is 0.164. The summed E-state index contributed by atoms with van der Waals surface area (Å²) in [5.41, 5.74) is -1.11. The highest BCUT2D eigenvalue weighted by Gasteiger charge is 2.26. The first-order valence-electron chi connectivity index (χ1n) is 12.7. The summed E-state index contributed by atoms with van der Waals surface area (Å²) in [4.78, 5) is 0. The number of hydrogen-bond acceptors (Lipinski definition) is 5. The molecule has 0 saturated heterocycles. The lowest BCUT2D eigenvalue weighted by molar-refractivity contribution is -0.0328. The van der Waals surface area contributed by atoms with Crippen LogP contribution in [0, 0.1) is 5.41 Å². The predicted molar refractivity (Wildman–Crippen MR) is 127 cm³/mol. The molecule has 0 fully saturated rings. The Balaban J connectivity index is 0. The molecule has 0 heterocycles. The molecule has 0 aliphatic heterocycles. The smallest absolute Gasteiger partial charge is 0.0627 e. The number of hydrogen-bond donors (Lipinski definition) is 5. The van der Waals surface area contributed by atoms with Gasteiger partial charge in [0.15, 0.2) is 0 Å². The van der Waals surface area contributed by atoms with Crippen molar-refractivity contribution in [2.45, 2.75) is 129 Å². The van der Waals surface area contributed by atoms with E-state index in [1.807, 2.05) is 0 Å². The molecule has 30 heavy (non-hydrogen) atoms. The second kappa shape index (κ2) is 25.1. The maximum absolute atomic E-state index is 9.95. The molecule has 1 atom stereocenters. The average Bonchev–Trinajstić information content (AvgIpc) is 2.77. The van der Waals surface area contributed by atoms with Gasteiger partial charge >= 0.3 is 0 Å². The normalized spacial score (nSPS) is 12.5. The minimum Gasteiger partial charge on any atom is -0.396 e. The van der Waals surface area contributed by atoms with Gasteiger partial charge in [0.1, 0.15) is 0 Å². The third kappa shape index (κ3) is 21.0. The number of unbranched alkanes of at least 4 members (excludes halogenated alkanes) is 13. The van der Waals surface area contributed by atoms with Crippen LogP contribution < -0.4 is 0 Å². The van der Waals surface area contributed by atoms with E-state index in [0.717, 1.165) is 12.8 Å². The predicted octanol–water partition coefficient (Wildman–Crippen LogP) is 4.96. The molecule has 0 aliphatic rings. The topological polar surface area (TPSA) is 101 Å². The molecule has 5 heteroatoms. The zero-order valence-corrected chi connectivity index (χ0v) is 20.2. The van der Waals surface area contributed by atoms with Crippen LogP contribution in [0.1, 0.15) is 123 Å². The third-order valence-electron chi connectivity index (χ3n) is 5.87. The van der Waals surface area contributed by atoms with Crippen LogP contribution in [0.4, 0.5) is 0 Å². The van der Waals surface area contributed by atoms with Gasteiger partial charge in [0.05, 0.1) is 37.9 Å². The van der Waals surface area contributed by atoms with Gasteiger partial charge in [-0.2, -0.15) is 0 Å². The zero-order valence-electron chi connectivity index (χ0n) is 20.2. The lowest BCUT2D eigenvalue weighted by atomic mass is 9.93. The van der Waals surface area contributed by atoms with Gasteiger partial charge in [0.2, 0.25) is 0 Å². The molecule has 1 unspecified atom stereocenters. The minimum atomic E-state index is -1.11. The number of aliphatic hydroxyl groups excluding tert-OH is 5. The third-order valence-corrected chi connectivity index (χ3v) is 5.87. The van der Waals surface area contributed by atoms with Crippen molar-refractivity contribution < 1.29 is 25.5 Å². The zero-order chi connectivity index (χ0) is 22.9. The summed E-state index contributed by atoms with van der Waals surface area (Å²) < 4.78 is 0. The maximum Gasteiger partial charge on any atom is 0.0627 e. The van der Waals surface area contributed by atoms with Gasteiger partial charge in [-0.3, -0.25) is 0 Å². The van der Waals surface area contributed by atoms with Gasteiger partial charge in [0.25, 0.3) is 0 Å². The molecule has 0 aromatic carbocycles. The Morgan fingerprint density at radius 1 is 0.467 bits per heavy atom. The van der Waals surface area contributed by atoms with Crippen LogP contribution >= 0.6 is 0 Å². The van der Waals surface area contributed by atoms with Gasteiger partial charge in [0, 0.05) is 0 Å². The molecular weight excluding hydrogens is 380 g/mol. The van der Waals surface area contributed by atoms with Crippen molar-refractivity contribution in [3.8, 4) is 0 Å². The fourth-order valence-electron chi connectivity index (χ4n) is 3.30. The fourth-order valence-corrected chi connectivity index (χ4v) is 3.30. The van der Waals surface area contributed by atoms with Crippen molar-refractivity contribution in [3.63, 3.8) is 0 Å². The average molecular weight is 435 g/mol. The first-order chi connectivity index (χ1) is 14.6. The van der Waals surface area contributed by atoms with Crippen LogP contribution in [0.2, 0.25) is 0 Å². The van der Waals surface area contributed by atoms with Crippen molar-refractivity contribution >= 4 is 0 Å². The Morgan fingerprint density at radius 2 is 0.733 bits per heavy atom. The van der Waals surface area contributed by atoms with E-state index in [4.69, 9.17) is 20.4 Å². The van der Waals surface area contributed by atoms with Crippen molar-refractivity contribution in [2.24, 2.45) is 5.41 Å². The van der Waals surface area contributed by atoms with E-state index >= 15 is 0 Å². The monoisotopic (exact) mass is 434 g/mol. The van der Waals surface area contributed by atoms with Gasteiger partial charge in [-0.05, 0) is 12.8 Å². The molecule has 0 bridgehead atoms. The van der Waals surface area contributed by atoms with Crippen LogP contribution in [0.25, 0.3) is 0 Å². The van der Waals surface area contributed by atoms with E-state index in [9.17, 15) is 5.11 Å². The van der Waals surface area contributed by atoms with Crippen molar-refractivity contribution in [2.75, 3.05) is 26.4 Å². The Bertz CT molecular complexity index is 290. The van der Waals surface area contributed by atoms with Gasteiger partial charge < -0.3 is 25.5 Å². The van der Waals surface area contributed by atoms with E-state index in [2.05, 4.69) is 13.8 Å². The fraction of sp³-hybridized carbons (Fsp3) is 1.00. The highest BCUT2D eigenvalue weighted by molar-refractivity contribution is 4.74. The summed E-state index contributed by atoms with van der Waals surface area (Å²) >= 11 is 0. The standard InChI is InChI=1S/C20H42O.C5H12O4/c1-3-5-7-9-11-12-13-15-17-19-20(21)18-16-14-10-8-6-4-2;6-1-5(2-7,3-8)4-9/h20-21H,3-19H2,1-2H3;6-9H,1-4H2. The minimum absolute atomic E-state index is 0.0271. The van der Waals surface area contributed by atoms with E-state index in [0.29, 0.717) is 0 Å². The van der Waals surface area contributed by atoms with Gasteiger partial charge in [-0.15, -0.1) is 0 Å². The first kappa shape index (κ1) is 32.0. The van der Waals surface area contributed by atoms with Crippen LogP contribution in [-0.4, -0.2) is 58.1 Å². The van der Waals surface area contributed by atoms with Gasteiger partial charge in [-0.25, -0.2) is 0 Å². The Morgan fingerprint density at radius 3 is 0.967 bits per heavy atom.